The summed E-state index contributed by atoms with van der Waals surface area (Å²) in [7, 11) is 0. The molecule has 0 amide bonds. The molecular formula is C8H18N2O2. The van der Waals surface area contributed by atoms with Crippen LogP contribution in [0.3, 0.4) is 0 Å². The predicted octanol–water partition coefficient (Wildman–Crippen LogP) is -0.152. The van der Waals surface area contributed by atoms with Crippen molar-refractivity contribution in [2.24, 2.45) is 11.5 Å². The van der Waals surface area contributed by atoms with Gasteiger partial charge in [-0.3, -0.25) is 0 Å². The van der Waals surface area contributed by atoms with E-state index in [1.807, 2.05) is 0 Å². The van der Waals surface area contributed by atoms with Gasteiger partial charge in [0.2, 0.25) is 0 Å². The van der Waals surface area contributed by atoms with Crippen LogP contribution in [0.5, 0.6) is 0 Å². The molecule has 0 aliphatic heterocycles. The Morgan fingerprint density at radius 1 is 0.917 bits per heavy atom. The fourth-order valence-electron chi connectivity index (χ4n) is 0.352. The highest BCUT2D eigenvalue weighted by molar-refractivity contribution is 5.83. The quantitative estimate of drug-likeness (QED) is 0.620. The molecular weight excluding hydrogens is 156 g/mol. The number of carbonyl (C=O) groups is 2. The molecule has 12 heavy (non-hydrogen) atoms. The number of carbonyl (C=O) groups excluding carboxylic acids is 2. The summed E-state index contributed by atoms with van der Waals surface area (Å²) in [4.78, 5) is 20.4. The number of hydrogen-bond acceptors (Lipinski definition) is 4. The van der Waals surface area contributed by atoms with Crippen molar-refractivity contribution in [3.05, 3.63) is 0 Å². The van der Waals surface area contributed by atoms with Crippen molar-refractivity contribution < 1.29 is 9.59 Å². The van der Waals surface area contributed by atoms with Gasteiger partial charge in [0.15, 0.2) is 0 Å². The lowest BCUT2D eigenvalue weighted by Crippen LogP contribution is -2.11. The summed E-state index contributed by atoms with van der Waals surface area (Å²) in [5.74, 6) is 0.167. The minimum Gasteiger partial charge on any atom is -0.329 e. The maximum atomic E-state index is 10.2. The van der Waals surface area contributed by atoms with Gasteiger partial charge in [-0.05, 0) is 13.8 Å². The third kappa shape index (κ3) is 22.8. The molecule has 0 radical (unpaired) electrons. The minimum absolute atomic E-state index is 0.0835. The number of rotatable bonds is 4. The van der Waals surface area contributed by atoms with Crippen LogP contribution in [0, 0.1) is 0 Å². The second-order valence-electron chi connectivity index (χ2n) is 2.48. The van der Waals surface area contributed by atoms with E-state index >= 15 is 0 Å². The van der Waals surface area contributed by atoms with Crippen molar-refractivity contribution in [2.45, 2.75) is 26.7 Å². The van der Waals surface area contributed by atoms with Gasteiger partial charge in [-0.2, -0.15) is 0 Å². The first-order chi connectivity index (χ1) is 5.54. The first kappa shape index (κ1) is 13.8. The maximum Gasteiger partial charge on any atom is 0.130 e. The van der Waals surface area contributed by atoms with E-state index in [0.29, 0.717) is 25.9 Å². The smallest absolute Gasteiger partial charge is 0.130 e. The molecule has 0 saturated carbocycles. The van der Waals surface area contributed by atoms with Gasteiger partial charge >= 0.3 is 0 Å². The fraction of sp³-hybridized carbons (Fsp3) is 0.750. The Bertz CT molecular complexity index is 119. The molecule has 0 aromatic rings. The molecule has 0 unspecified atom stereocenters. The number of Topliss-reactive ketones (excluding diaryl/α,β-unsaturated/α-hetero) is 2. The minimum atomic E-state index is 0.0835. The topological polar surface area (TPSA) is 86.2 Å². The van der Waals surface area contributed by atoms with Crippen LogP contribution >= 0.6 is 0 Å². The van der Waals surface area contributed by atoms with Gasteiger partial charge in [0.25, 0.3) is 0 Å². The van der Waals surface area contributed by atoms with Crippen LogP contribution in [0.1, 0.15) is 26.7 Å². The number of ketones is 2. The van der Waals surface area contributed by atoms with E-state index < -0.39 is 0 Å². The Labute approximate surface area is 73.3 Å². The van der Waals surface area contributed by atoms with Gasteiger partial charge < -0.3 is 21.1 Å². The molecule has 4 heteroatoms. The Morgan fingerprint density at radius 3 is 1.25 bits per heavy atom. The Balaban J connectivity index is 0. The molecule has 0 aliphatic carbocycles. The highest BCUT2D eigenvalue weighted by Crippen LogP contribution is 1.89. The SMILES string of the molecule is CC(=O)CCC(C)=O.NCCN. The van der Waals surface area contributed by atoms with E-state index in [-0.39, 0.29) is 11.6 Å². The molecule has 0 fully saturated rings. The molecule has 0 aliphatic rings. The summed E-state index contributed by atoms with van der Waals surface area (Å²) in [5, 5.41) is 0. The van der Waals surface area contributed by atoms with Gasteiger partial charge in [0.05, 0.1) is 0 Å². The lowest BCUT2D eigenvalue weighted by atomic mass is 10.2. The van der Waals surface area contributed by atoms with E-state index in [1.165, 1.54) is 13.8 Å². The average molecular weight is 174 g/mol. The average Bonchev–Trinajstić information content (AvgIpc) is 2.01. The molecule has 4 nitrogen and oxygen atoms in total. The van der Waals surface area contributed by atoms with Crippen LogP contribution < -0.4 is 11.5 Å². The van der Waals surface area contributed by atoms with E-state index in [0.717, 1.165) is 0 Å². The standard InChI is InChI=1S/C6H10O2.C2H8N2/c1-5(7)3-4-6(2)8;3-1-2-4/h3-4H2,1-2H3;1-4H2. The molecule has 4 N–H and O–H groups in total. The lowest BCUT2D eigenvalue weighted by Gasteiger charge is -1.86. The van der Waals surface area contributed by atoms with Gasteiger partial charge in [-0.15, -0.1) is 0 Å². The lowest BCUT2D eigenvalue weighted by molar-refractivity contribution is -0.122. The molecule has 72 valence electrons. The van der Waals surface area contributed by atoms with Crippen LogP contribution in [-0.4, -0.2) is 24.7 Å². The van der Waals surface area contributed by atoms with E-state index in [9.17, 15) is 9.59 Å². The summed E-state index contributed by atoms with van der Waals surface area (Å²) in [5.41, 5.74) is 9.81. The van der Waals surface area contributed by atoms with Crippen molar-refractivity contribution in [2.75, 3.05) is 13.1 Å². The summed E-state index contributed by atoms with van der Waals surface area (Å²) >= 11 is 0. The zero-order chi connectivity index (χ0) is 9.98. The summed E-state index contributed by atoms with van der Waals surface area (Å²) in [6, 6.07) is 0. The maximum absolute atomic E-state index is 10.2. The second kappa shape index (κ2) is 10.3. The van der Waals surface area contributed by atoms with Gasteiger partial charge in [-0.1, -0.05) is 0 Å². The van der Waals surface area contributed by atoms with Gasteiger partial charge in [0, 0.05) is 25.9 Å². The molecule has 0 atom stereocenters. The van der Waals surface area contributed by atoms with E-state index in [1.54, 1.807) is 0 Å². The van der Waals surface area contributed by atoms with Crippen molar-refractivity contribution in [3.8, 4) is 0 Å². The summed E-state index contributed by atoms with van der Waals surface area (Å²) in [6.07, 6.45) is 0.796. The largest absolute Gasteiger partial charge is 0.329 e. The highest BCUT2D eigenvalue weighted by Gasteiger charge is 1.95. The third-order valence-electron chi connectivity index (χ3n) is 0.996. The summed E-state index contributed by atoms with van der Waals surface area (Å²) < 4.78 is 0. The zero-order valence-electron chi connectivity index (χ0n) is 7.80. The van der Waals surface area contributed by atoms with Crippen LogP contribution in [0.25, 0.3) is 0 Å². The predicted molar refractivity (Wildman–Crippen MR) is 48.7 cm³/mol. The first-order valence-corrected chi connectivity index (χ1v) is 3.93. The van der Waals surface area contributed by atoms with Crippen LogP contribution in [0.15, 0.2) is 0 Å². The molecule has 0 rings (SSSR count). The van der Waals surface area contributed by atoms with E-state index in [4.69, 9.17) is 11.5 Å². The van der Waals surface area contributed by atoms with Crippen molar-refractivity contribution in [1.29, 1.82) is 0 Å². The van der Waals surface area contributed by atoms with Crippen molar-refractivity contribution in [1.82, 2.24) is 0 Å². The fourth-order valence-corrected chi connectivity index (χ4v) is 0.352. The second-order valence-corrected chi connectivity index (χ2v) is 2.48. The van der Waals surface area contributed by atoms with Gasteiger partial charge in [-0.25, -0.2) is 0 Å². The van der Waals surface area contributed by atoms with Crippen LogP contribution in [-0.2, 0) is 9.59 Å². The zero-order valence-corrected chi connectivity index (χ0v) is 7.80. The van der Waals surface area contributed by atoms with Crippen LogP contribution in [0.2, 0.25) is 0 Å². The normalized spacial score (nSPS) is 8.33. The Morgan fingerprint density at radius 2 is 1.17 bits per heavy atom. The molecule has 0 saturated heterocycles. The van der Waals surface area contributed by atoms with E-state index in [2.05, 4.69) is 0 Å². The van der Waals surface area contributed by atoms with Crippen LogP contribution in [0.4, 0.5) is 0 Å². The molecule has 0 aromatic heterocycles. The highest BCUT2D eigenvalue weighted by atomic mass is 16.1. The number of nitrogens with two attached hydrogens (primary N) is 2. The van der Waals surface area contributed by atoms with Crippen molar-refractivity contribution >= 4 is 11.6 Å². The summed E-state index contributed by atoms with van der Waals surface area (Å²) in [6.45, 7) is 4.17. The molecule has 0 aromatic carbocycles. The molecule has 0 spiro atoms. The van der Waals surface area contributed by atoms with Gasteiger partial charge in [0.1, 0.15) is 11.6 Å². The first-order valence-electron chi connectivity index (χ1n) is 3.93. The Kier molecular flexibility index (Phi) is 11.8. The molecule has 0 heterocycles. The molecule has 0 bridgehead atoms. The van der Waals surface area contributed by atoms with Crippen molar-refractivity contribution in [3.63, 3.8) is 0 Å². The monoisotopic (exact) mass is 174 g/mol. The Hall–Kier alpha value is -0.740. The number of hydrogen-bond donors (Lipinski definition) is 2. The third-order valence-corrected chi connectivity index (χ3v) is 0.996.